The van der Waals surface area contributed by atoms with Crippen molar-refractivity contribution in [1.82, 2.24) is 10.2 Å². The molecule has 10 heteroatoms. The van der Waals surface area contributed by atoms with Crippen molar-refractivity contribution in [2.45, 2.75) is 38.8 Å². The van der Waals surface area contributed by atoms with Gasteiger partial charge in [-0.3, -0.25) is 13.9 Å². The summed E-state index contributed by atoms with van der Waals surface area (Å²) in [6, 6.07) is 26.1. The molecule has 4 rings (SSSR count). The van der Waals surface area contributed by atoms with E-state index in [1.807, 2.05) is 67.6 Å². The van der Waals surface area contributed by atoms with Crippen molar-refractivity contribution in [2.24, 2.45) is 0 Å². The van der Waals surface area contributed by atoms with Crippen molar-refractivity contribution in [1.29, 1.82) is 0 Å². The van der Waals surface area contributed by atoms with Crippen LogP contribution in [0.25, 0.3) is 10.8 Å². The molecule has 0 spiro atoms. The van der Waals surface area contributed by atoms with E-state index < -0.39 is 28.5 Å². The van der Waals surface area contributed by atoms with Gasteiger partial charge < -0.3 is 10.2 Å². The van der Waals surface area contributed by atoms with E-state index in [1.54, 1.807) is 30.3 Å². The summed E-state index contributed by atoms with van der Waals surface area (Å²) in [7, 11) is -3.91. The third-order valence-corrected chi connectivity index (χ3v) is 8.88. The van der Waals surface area contributed by atoms with Gasteiger partial charge in [0, 0.05) is 34.9 Å². The van der Waals surface area contributed by atoms with E-state index >= 15 is 0 Å². The summed E-state index contributed by atoms with van der Waals surface area (Å²) < 4.78 is 27.5. The van der Waals surface area contributed by atoms with E-state index in [2.05, 4.69) is 5.32 Å². The number of unbranched alkanes of at least 4 members (excludes halogenated alkanes) is 1. The predicted molar refractivity (Wildman–Crippen MR) is 175 cm³/mol. The molecule has 226 valence electrons. The molecule has 0 aliphatic carbocycles. The molecule has 0 saturated heterocycles. The summed E-state index contributed by atoms with van der Waals surface area (Å²) in [5.41, 5.74) is 1.81. The Bertz CT molecular complexity index is 1680. The number of fused-ring (bicyclic) bond motifs is 1. The lowest BCUT2D eigenvalue weighted by atomic mass is 10.0. The number of sulfonamides is 1. The molecule has 0 heterocycles. The van der Waals surface area contributed by atoms with Crippen LogP contribution in [0.15, 0.2) is 91.0 Å². The zero-order chi connectivity index (χ0) is 31.0. The highest BCUT2D eigenvalue weighted by atomic mass is 35.5. The van der Waals surface area contributed by atoms with E-state index in [-0.39, 0.29) is 18.9 Å². The van der Waals surface area contributed by atoms with Crippen molar-refractivity contribution in [2.75, 3.05) is 23.7 Å². The summed E-state index contributed by atoms with van der Waals surface area (Å²) >= 11 is 12.7. The van der Waals surface area contributed by atoms with Gasteiger partial charge in [-0.05, 0) is 41.1 Å². The molecule has 0 fully saturated rings. The van der Waals surface area contributed by atoms with E-state index in [0.717, 1.165) is 34.4 Å². The molecule has 4 aromatic carbocycles. The number of benzene rings is 4. The Kier molecular flexibility index (Phi) is 11.1. The number of carbonyl (C=O) groups is 2. The van der Waals surface area contributed by atoms with Gasteiger partial charge in [0.1, 0.15) is 12.6 Å². The quantitative estimate of drug-likeness (QED) is 0.170. The normalized spacial score (nSPS) is 12.1. The van der Waals surface area contributed by atoms with Gasteiger partial charge in [-0.1, -0.05) is 109 Å². The lowest BCUT2D eigenvalue weighted by molar-refractivity contribution is -0.140. The summed E-state index contributed by atoms with van der Waals surface area (Å²) in [4.78, 5) is 29.5. The molecular formula is C33H35Cl2N3O4S. The average Bonchev–Trinajstić information content (AvgIpc) is 2.98. The summed E-state index contributed by atoms with van der Waals surface area (Å²) in [5.74, 6) is -0.872. The van der Waals surface area contributed by atoms with Crippen molar-refractivity contribution >= 4 is 61.5 Å². The molecule has 43 heavy (non-hydrogen) atoms. The van der Waals surface area contributed by atoms with E-state index in [4.69, 9.17) is 23.2 Å². The van der Waals surface area contributed by atoms with Gasteiger partial charge in [-0.2, -0.15) is 0 Å². The Morgan fingerprint density at radius 2 is 1.60 bits per heavy atom. The lowest BCUT2D eigenvalue weighted by Crippen LogP contribution is -2.53. The maximum Gasteiger partial charge on any atom is 0.244 e. The Balaban J connectivity index is 1.78. The Labute approximate surface area is 263 Å². The first-order chi connectivity index (χ1) is 20.6. The number of amides is 2. The minimum Gasteiger partial charge on any atom is -0.354 e. The number of carbonyl (C=O) groups excluding carboxylic acids is 2. The van der Waals surface area contributed by atoms with Crippen molar-refractivity contribution < 1.29 is 18.0 Å². The highest BCUT2D eigenvalue weighted by Gasteiger charge is 2.33. The van der Waals surface area contributed by atoms with Crippen molar-refractivity contribution in [3.63, 3.8) is 0 Å². The van der Waals surface area contributed by atoms with Gasteiger partial charge in [0.15, 0.2) is 0 Å². The van der Waals surface area contributed by atoms with Crippen LogP contribution < -0.4 is 9.62 Å². The summed E-state index contributed by atoms with van der Waals surface area (Å²) in [5, 5.41) is 5.27. The largest absolute Gasteiger partial charge is 0.354 e. The maximum atomic E-state index is 14.3. The third-order valence-electron chi connectivity index (χ3n) is 7.17. The van der Waals surface area contributed by atoms with Crippen LogP contribution in [0.3, 0.4) is 0 Å². The van der Waals surface area contributed by atoms with Crippen LogP contribution in [0, 0.1) is 0 Å². The SMILES string of the molecule is CCCCNC(=O)C(Cc1ccccc1)N(Cc1ccc(Cl)cc1Cl)C(=O)CN(c1cccc2ccccc12)S(C)(=O)=O. The topological polar surface area (TPSA) is 86.8 Å². The smallest absolute Gasteiger partial charge is 0.244 e. The van der Waals surface area contributed by atoms with Crippen LogP contribution in [0.2, 0.25) is 10.0 Å². The first kappa shape index (κ1) is 32.3. The number of rotatable bonds is 13. The molecule has 1 atom stereocenters. The van der Waals surface area contributed by atoms with Gasteiger partial charge in [0.2, 0.25) is 21.8 Å². The minimum absolute atomic E-state index is 0.0271. The first-order valence-corrected chi connectivity index (χ1v) is 16.7. The van der Waals surface area contributed by atoms with Gasteiger partial charge in [0.05, 0.1) is 11.9 Å². The summed E-state index contributed by atoms with van der Waals surface area (Å²) in [6.45, 7) is 1.95. The Morgan fingerprint density at radius 3 is 2.30 bits per heavy atom. The number of halogens is 2. The van der Waals surface area contributed by atoms with E-state index in [0.29, 0.717) is 33.2 Å². The molecule has 0 aromatic heterocycles. The molecule has 2 amide bonds. The molecule has 7 nitrogen and oxygen atoms in total. The molecule has 4 aromatic rings. The van der Waals surface area contributed by atoms with Crippen molar-refractivity contribution in [3.8, 4) is 0 Å². The van der Waals surface area contributed by atoms with Crippen LogP contribution in [-0.4, -0.2) is 50.5 Å². The zero-order valence-corrected chi connectivity index (χ0v) is 26.5. The highest BCUT2D eigenvalue weighted by molar-refractivity contribution is 7.92. The second kappa shape index (κ2) is 14.7. The molecule has 1 unspecified atom stereocenters. The molecule has 0 aliphatic rings. The second-order valence-electron chi connectivity index (χ2n) is 10.4. The fourth-order valence-corrected chi connectivity index (χ4v) is 6.24. The molecule has 1 N–H and O–H groups in total. The van der Waals surface area contributed by atoms with Crippen LogP contribution in [0.5, 0.6) is 0 Å². The molecule has 0 saturated carbocycles. The van der Waals surface area contributed by atoms with Crippen LogP contribution in [0.4, 0.5) is 5.69 Å². The molecule has 0 bridgehead atoms. The standard InChI is InChI=1S/C33H35Cl2N3O4S/c1-3-4-19-36-33(40)31(20-24-11-6-5-7-12-24)37(22-26-17-18-27(34)21-29(26)35)32(39)23-38(43(2,41)42)30-16-10-14-25-13-8-9-15-28(25)30/h5-18,21,31H,3-4,19-20,22-23H2,1-2H3,(H,36,40). The second-order valence-corrected chi connectivity index (χ2v) is 13.1. The number of nitrogens with zero attached hydrogens (tertiary/aromatic N) is 2. The fourth-order valence-electron chi connectivity index (χ4n) is 4.91. The monoisotopic (exact) mass is 639 g/mol. The van der Waals surface area contributed by atoms with Crippen molar-refractivity contribution in [3.05, 3.63) is 112 Å². The Morgan fingerprint density at radius 1 is 0.907 bits per heavy atom. The average molecular weight is 641 g/mol. The first-order valence-electron chi connectivity index (χ1n) is 14.1. The highest BCUT2D eigenvalue weighted by Crippen LogP contribution is 2.29. The van der Waals surface area contributed by atoms with Crippen LogP contribution >= 0.6 is 23.2 Å². The van der Waals surface area contributed by atoms with E-state index in [1.165, 1.54) is 4.90 Å². The van der Waals surface area contributed by atoms with Gasteiger partial charge in [0.25, 0.3) is 0 Å². The molecular weight excluding hydrogens is 605 g/mol. The van der Waals surface area contributed by atoms with E-state index in [9.17, 15) is 18.0 Å². The fraction of sp³-hybridized carbons (Fsp3) is 0.273. The van der Waals surface area contributed by atoms with Gasteiger partial charge in [-0.15, -0.1) is 0 Å². The predicted octanol–water partition coefficient (Wildman–Crippen LogP) is 6.47. The van der Waals surface area contributed by atoms with Gasteiger partial charge >= 0.3 is 0 Å². The lowest BCUT2D eigenvalue weighted by Gasteiger charge is -2.34. The number of hydrogen-bond donors (Lipinski definition) is 1. The van der Waals surface area contributed by atoms with Crippen LogP contribution in [0.1, 0.15) is 30.9 Å². The minimum atomic E-state index is -3.91. The number of hydrogen-bond acceptors (Lipinski definition) is 4. The molecule has 0 radical (unpaired) electrons. The van der Waals surface area contributed by atoms with Gasteiger partial charge in [-0.25, -0.2) is 8.42 Å². The van der Waals surface area contributed by atoms with Crippen LogP contribution in [-0.2, 0) is 32.6 Å². The third kappa shape index (κ3) is 8.50. The Hall–Kier alpha value is -3.59. The maximum absolute atomic E-state index is 14.3. The number of anilines is 1. The zero-order valence-electron chi connectivity index (χ0n) is 24.2. The molecule has 0 aliphatic heterocycles. The number of nitrogens with one attached hydrogen (secondary N) is 1. The summed E-state index contributed by atoms with van der Waals surface area (Å²) in [6.07, 6.45) is 2.97.